The molecular weight excluding hydrogens is 371 g/mol. The standard InChI is InChI=1S/C15H14F3N5O2S/c1-7-10(15(16,17)18)5-20-22(7)6-9-4-11(24)23-12(13(25)19-3)8(2)26-14(23)21-9/h4-5H,6H2,1-3H3,(H,19,25). The molecule has 7 nitrogen and oxygen atoms in total. The zero-order valence-electron chi connectivity index (χ0n) is 14.0. The zero-order valence-corrected chi connectivity index (χ0v) is 14.8. The lowest BCUT2D eigenvalue weighted by Crippen LogP contribution is -2.26. The predicted molar refractivity (Wildman–Crippen MR) is 88.5 cm³/mol. The van der Waals surface area contributed by atoms with Crippen LogP contribution < -0.4 is 10.9 Å². The molecule has 0 aliphatic heterocycles. The summed E-state index contributed by atoms with van der Waals surface area (Å²) in [6.45, 7) is 2.91. The normalized spacial score (nSPS) is 11.9. The SMILES string of the molecule is CNC(=O)c1c(C)sc2nc(Cn3ncc(C(F)(F)F)c3C)cc(=O)n12. The summed E-state index contributed by atoms with van der Waals surface area (Å²) in [6, 6.07) is 1.19. The maximum Gasteiger partial charge on any atom is 0.419 e. The average molecular weight is 385 g/mol. The lowest BCUT2D eigenvalue weighted by atomic mass is 10.2. The predicted octanol–water partition coefficient (Wildman–Crippen LogP) is 2.00. The number of aryl methyl sites for hydroxylation is 1. The van der Waals surface area contributed by atoms with Gasteiger partial charge in [0.05, 0.1) is 24.0 Å². The fourth-order valence-corrected chi connectivity index (χ4v) is 3.61. The van der Waals surface area contributed by atoms with Gasteiger partial charge < -0.3 is 5.32 Å². The van der Waals surface area contributed by atoms with Crippen LogP contribution in [-0.2, 0) is 12.7 Å². The number of aromatic nitrogens is 4. The van der Waals surface area contributed by atoms with Crippen LogP contribution in [0.4, 0.5) is 13.2 Å². The van der Waals surface area contributed by atoms with Crippen LogP contribution in [0.3, 0.4) is 0 Å². The Balaban J connectivity index is 2.05. The molecule has 3 rings (SSSR count). The molecule has 1 amide bonds. The van der Waals surface area contributed by atoms with Crippen molar-refractivity contribution < 1.29 is 18.0 Å². The van der Waals surface area contributed by atoms with Crippen LogP contribution in [0.1, 0.15) is 32.3 Å². The molecule has 0 unspecified atom stereocenters. The van der Waals surface area contributed by atoms with Gasteiger partial charge in [0.25, 0.3) is 11.5 Å². The van der Waals surface area contributed by atoms with Crippen molar-refractivity contribution in [1.29, 1.82) is 0 Å². The van der Waals surface area contributed by atoms with Gasteiger partial charge in [0, 0.05) is 23.7 Å². The summed E-state index contributed by atoms with van der Waals surface area (Å²) >= 11 is 1.16. The van der Waals surface area contributed by atoms with Gasteiger partial charge in [-0.05, 0) is 13.8 Å². The third-order valence-electron chi connectivity index (χ3n) is 3.90. The van der Waals surface area contributed by atoms with E-state index in [0.29, 0.717) is 9.84 Å². The van der Waals surface area contributed by atoms with Gasteiger partial charge >= 0.3 is 6.18 Å². The fourth-order valence-electron chi connectivity index (χ4n) is 2.62. The molecule has 0 bridgehead atoms. The number of halogens is 3. The molecular formula is C15H14F3N5O2S. The van der Waals surface area contributed by atoms with E-state index in [1.807, 2.05) is 0 Å². The first-order valence-electron chi connectivity index (χ1n) is 7.47. The Morgan fingerprint density at radius 3 is 2.62 bits per heavy atom. The molecule has 0 fully saturated rings. The highest BCUT2D eigenvalue weighted by Gasteiger charge is 2.34. The van der Waals surface area contributed by atoms with Crippen LogP contribution in [0.5, 0.6) is 0 Å². The van der Waals surface area contributed by atoms with Gasteiger partial charge in [-0.25, -0.2) is 9.38 Å². The maximum absolute atomic E-state index is 12.9. The third-order valence-corrected chi connectivity index (χ3v) is 4.86. The van der Waals surface area contributed by atoms with E-state index < -0.39 is 23.2 Å². The molecule has 0 aliphatic carbocycles. The van der Waals surface area contributed by atoms with Crippen LogP contribution in [0, 0.1) is 13.8 Å². The van der Waals surface area contributed by atoms with Crippen molar-refractivity contribution >= 4 is 22.2 Å². The summed E-state index contributed by atoms with van der Waals surface area (Å²) in [6.07, 6.45) is -3.74. The number of nitrogens with one attached hydrogen (secondary N) is 1. The minimum absolute atomic E-state index is 0.0621. The summed E-state index contributed by atoms with van der Waals surface area (Å²) in [5.74, 6) is -0.414. The smallest absolute Gasteiger partial charge is 0.354 e. The Bertz CT molecular complexity index is 1060. The Hall–Kier alpha value is -2.69. The van der Waals surface area contributed by atoms with Gasteiger partial charge in [0.2, 0.25) is 0 Å². The second kappa shape index (κ2) is 6.24. The molecule has 0 spiro atoms. The molecule has 0 aromatic carbocycles. The number of fused-ring (bicyclic) bond motifs is 1. The lowest BCUT2D eigenvalue weighted by Gasteiger charge is -2.08. The first-order chi connectivity index (χ1) is 12.1. The summed E-state index contributed by atoms with van der Waals surface area (Å²) < 4.78 is 40.9. The molecule has 3 aromatic rings. The minimum Gasteiger partial charge on any atom is -0.354 e. The molecule has 0 saturated carbocycles. The van der Waals surface area contributed by atoms with E-state index in [1.54, 1.807) is 6.92 Å². The molecule has 1 N–H and O–H groups in total. The molecule has 11 heteroatoms. The number of nitrogens with zero attached hydrogens (tertiary/aromatic N) is 4. The van der Waals surface area contributed by atoms with Crippen molar-refractivity contribution in [2.24, 2.45) is 0 Å². The molecule has 3 heterocycles. The number of rotatable bonds is 3. The van der Waals surface area contributed by atoms with E-state index in [2.05, 4.69) is 15.4 Å². The second-order valence-corrected chi connectivity index (χ2v) is 6.77. The van der Waals surface area contributed by atoms with Crippen molar-refractivity contribution in [2.75, 3.05) is 7.05 Å². The highest BCUT2D eigenvalue weighted by molar-refractivity contribution is 7.17. The van der Waals surface area contributed by atoms with E-state index in [9.17, 15) is 22.8 Å². The van der Waals surface area contributed by atoms with E-state index in [1.165, 1.54) is 24.4 Å². The van der Waals surface area contributed by atoms with Crippen LogP contribution in [0.25, 0.3) is 4.96 Å². The van der Waals surface area contributed by atoms with Gasteiger partial charge in [-0.3, -0.25) is 14.3 Å². The molecule has 0 aliphatic rings. The summed E-state index contributed by atoms with van der Waals surface area (Å²) in [5, 5.41) is 6.20. The fraction of sp³-hybridized carbons (Fsp3) is 0.333. The topological polar surface area (TPSA) is 81.3 Å². The van der Waals surface area contributed by atoms with Gasteiger partial charge in [-0.15, -0.1) is 11.3 Å². The molecule has 138 valence electrons. The van der Waals surface area contributed by atoms with Crippen LogP contribution in [0.2, 0.25) is 0 Å². The van der Waals surface area contributed by atoms with Crippen molar-refractivity contribution in [3.63, 3.8) is 0 Å². The van der Waals surface area contributed by atoms with Crippen molar-refractivity contribution in [3.8, 4) is 0 Å². The largest absolute Gasteiger partial charge is 0.419 e. The van der Waals surface area contributed by atoms with Gasteiger partial charge in [0.1, 0.15) is 5.69 Å². The summed E-state index contributed by atoms with van der Waals surface area (Å²) in [7, 11) is 1.46. The number of hydrogen-bond acceptors (Lipinski definition) is 5. The first-order valence-corrected chi connectivity index (χ1v) is 8.29. The Morgan fingerprint density at radius 2 is 2.04 bits per heavy atom. The van der Waals surface area contributed by atoms with Gasteiger partial charge in [-0.1, -0.05) is 0 Å². The Labute approximate surface area is 149 Å². The number of alkyl halides is 3. The second-order valence-electron chi connectivity index (χ2n) is 5.59. The van der Waals surface area contributed by atoms with Crippen LogP contribution in [-0.4, -0.2) is 32.1 Å². The molecule has 0 radical (unpaired) electrons. The van der Waals surface area contributed by atoms with E-state index in [-0.39, 0.29) is 23.6 Å². The summed E-state index contributed by atoms with van der Waals surface area (Å²) in [4.78, 5) is 29.6. The quantitative estimate of drug-likeness (QED) is 0.748. The number of carbonyl (C=O) groups is 1. The van der Waals surface area contributed by atoms with Crippen molar-refractivity contribution in [3.05, 3.63) is 50.1 Å². The average Bonchev–Trinajstić information content (AvgIpc) is 3.06. The highest BCUT2D eigenvalue weighted by Crippen LogP contribution is 2.31. The molecule has 3 aromatic heterocycles. The first kappa shape index (κ1) is 18.1. The number of carbonyl (C=O) groups excluding carboxylic acids is 1. The number of amides is 1. The monoisotopic (exact) mass is 385 g/mol. The van der Waals surface area contributed by atoms with E-state index in [0.717, 1.165) is 22.2 Å². The van der Waals surface area contributed by atoms with Crippen molar-refractivity contribution in [2.45, 2.75) is 26.6 Å². The summed E-state index contributed by atoms with van der Waals surface area (Å²) in [5.41, 5.74) is -0.906. The van der Waals surface area contributed by atoms with Crippen LogP contribution >= 0.6 is 11.3 Å². The van der Waals surface area contributed by atoms with E-state index in [4.69, 9.17) is 0 Å². The Kier molecular flexibility index (Phi) is 4.34. The van der Waals surface area contributed by atoms with Crippen molar-refractivity contribution in [1.82, 2.24) is 24.5 Å². The number of thiazole rings is 1. The van der Waals surface area contributed by atoms with Gasteiger partial charge in [0.15, 0.2) is 4.96 Å². The molecule has 0 atom stereocenters. The van der Waals surface area contributed by atoms with Gasteiger partial charge in [-0.2, -0.15) is 18.3 Å². The third kappa shape index (κ3) is 2.98. The lowest BCUT2D eigenvalue weighted by molar-refractivity contribution is -0.138. The zero-order chi connectivity index (χ0) is 19.2. The number of hydrogen-bond donors (Lipinski definition) is 1. The Morgan fingerprint density at radius 1 is 1.35 bits per heavy atom. The molecule has 26 heavy (non-hydrogen) atoms. The molecule has 0 saturated heterocycles. The van der Waals surface area contributed by atoms with E-state index >= 15 is 0 Å². The minimum atomic E-state index is -4.49. The highest BCUT2D eigenvalue weighted by atomic mass is 32.1. The maximum atomic E-state index is 12.9. The van der Waals surface area contributed by atoms with Crippen LogP contribution in [0.15, 0.2) is 17.1 Å².